The van der Waals surface area contributed by atoms with E-state index in [1.165, 1.54) is 43.8 Å². The molecule has 0 saturated carbocycles. The lowest BCUT2D eigenvalue weighted by molar-refractivity contribution is 1.09. The van der Waals surface area contributed by atoms with E-state index in [1.807, 2.05) is 13.8 Å². The molecule has 222 valence electrons. The highest BCUT2D eigenvalue weighted by atomic mass is 15.1. The molecular formula is C42H34N4. The number of nitrogens with zero attached hydrogens (tertiary/aromatic N) is 4. The van der Waals surface area contributed by atoms with Crippen molar-refractivity contribution in [1.29, 1.82) is 0 Å². The lowest BCUT2D eigenvalue weighted by atomic mass is 10.0. The monoisotopic (exact) mass is 594 g/mol. The van der Waals surface area contributed by atoms with Gasteiger partial charge in [0.25, 0.3) is 0 Å². The molecule has 0 unspecified atom stereocenters. The molecule has 0 amide bonds. The Bertz CT molecular complexity index is 2470. The van der Waals surface area contributed by atoms with Crippen molar-refractivity contribution in [1.82, 2.24) is 14.1 Å². The Labute approximate surface area is 269 Å². The molecule has 0 saturated heterocycles. The van der Waals surface area contributed by atoms with Gasteiger partial charge in [-0.2, -0.15) is 0 Å². The maximum absolute atomic E-state index is 8.41. The maximum atomic E-state index is 8.41. The largest absolute Gasteiger partial charge is 0.308 e. The van der Waals surface area contributed by atoms with Crippen LogP contribution in [0.1, 0.15) is 33.6 Å². The van der Waals surface area contributed by atoms with E-state index in [0.717, 1.165) is 56.0 Å². The highest BCUT2D eigenvalue weighted by Gasteiger charge is 2.23. The standard InChI is InChI=1S/C42H34N4/c1-24-8-12-31-32-13-9-25(2)17-38(32)45(37(31)16-24)41-22-35(30-20-28(5)44-29(6)21-30)36(43-7)23-42(41)46-39-18-26(3)10-14-33(39)34-15-11-27(4)19-40(34)46/h8-23H,1-6H3. The number of aromatic nitrogens is 3. The molecule has 0 spiro atoms. The summed E-state index contributed by atoms with van der Waals surface area (Å²) in [5, 5.41) is 4.84. The van der Waals surface area contributed by atoms with Crippen LogP contribution in [0.4, 0.5) is 5.69 Å². The maximum Gasteiger partial charge on any atom is 0.197 e. The summed E-state index contributed by atoms with van der Waals surface area (Å²) < 4.78 is 4.80. The van der Waals surface area contributed by atoms with Gasteiger partial charge in [0.15, 0.2) is 5.69 Å². The van der Waals surface area contributed by atoms with Crippen LogP contribution in [0.15, 0.2) is 97.1 Å². The molecule has 3 heterocycles. The highest BCUT2D eigenvalue weighted by Crippen LogP contribution is 2.43. The van der Waals surface area contributed by atoms with Crippen LogP contribution in [-0.4, -0.2) is 14.1 Å². The Hall–Kier alpha value is -5.66. The summed E-state index contributed by atoms with van der Waals surface area (Å²) in [5.41, 5.74) is 15.8. The molecule has 0 aliphatic carbocycles. The van der Waals surface area contributed by atoms with E-state index in [0.29, 0.717) is 5.69 Å². The molecule has 4 heteroatoms. The summed E-state index contributed by atoms with van der Waals surface area (Å²) in [6.45, 7) is 21.1. The van der Waals surface area contributed by atoms with Gasteiger partial charge in [-0.1, -0.05) is 48.5 Å². The van der Waals surface area contributed by atoms with Gasteiger partial charge in [0.05, 0.1) is 40.0 Å². The Morgan fingerprint density at radius 3 is 1.22 bits per heavy atom. The molecule has 8 aromatic rings. The summed E-state index contributed by atoms with van der Waals surface area (Å²) in [5.74, 6) is 0. The minimum Gasteiger partial charge on any atom is -0.308 e. The van der Waals surface area contributed by atoms with Crippen LogP contribution in [0, 0.1) is 48.1 Å². The first-order valence-corrected chi connectivity index (χ1v) is 15.7. The number of aryl methyl sites for hydroxylation is 6. The SMILES string of the molecule is [C-]#[N+]c1cc(-n2c3cc(C)ccc3c3ccc(C)cc32)c(-n2c3cc(C)ccc3c3ccc(C)cc32)cc1-c1cc(C)nc(C)c1. The Morgan fingerprint density at radius 2 is 0.848 bits per heavy atom. The average Bonchev–Trinajstić information content (AvgIpc) is 3.50. The molecular weight excluding hydrogens is 560 g/mol. The second kappa shape index (κ2) is 10.2. The minimum atomic E-state index is 0.618. The number of rotatable bonds is 3. The third-order valence-electron chi connectivity index (χ3n) is 9.24. The highest BCUT2D eigenvalue weighted by molar-refractivity contribution is 6.12. The van der Waals surface area contributed by atoms with Gasteiger partial charge in [-0.15, -0.1) is 0 Å². The fourth-order valence-electron chi connectivity index (χ4n) is 7.23. The van der Waals surface area contributed by atoms with E-state index in [9.17, 15) is 0 Å². The molecule has 0 fully saturated rings. The van der Waals surface area contributed by atoms with E-state index in [-0.39, 0.29) is 0 Å². The lowest BCUT2D eigenvalue weighted by Crippen LogP contribution is -2.05. The zero-order chi connectivity index (χ0) is 31.9. The number of benzene rings is 5. The van der Waals surface area contributed by atoms with Crippen molar-refractivity contribution in [2.45, 2.75) is 41.5 Å². The van der Waals surface area contributed by atoms with Gasteiger partial charge in [0, 0.05) is 32.9 Å². The van der Waals surface area contributed by atoms with Crippen LogP contribution in [0.2, 0.25) is 0 Å². The van der Waals surface area contributed by atoms with E-state index in [4.69, 9.17) is 6.57 Å². The van der Waals surface area contributed by atoms with Crippen LogP contribution in [0.25, 0.3) is 71.0 Å². The van der Waals surface area contributed by atoms with Gasteiger partial charge in [-0.3, -0.25) is 4.98 Å². The van der Waals surface area contributed by atoms with Crippen LogP contribution < -0.4 is 0 Å². The van der Waals surface area contributed by atoms with Crippen molar-refractivity contribution >= 4 is 49.3 Å². The van der Waals surface area contributed by atoms with Crippen LogP contribution in [-0.2, 0) is 0 Å². The Morgan fingerprint density at radius 1 is 0.478 bits per heavy atom. The summed E-state index contributed by atoms with van der Waals surface area (Å²) in [6.07, 6.45) is 0. The van der Waals surface area contributed by atoms with Crippen LogP contribution in [0.5, 0.6) is 0 Å². The summed E-state index contributed by atoms with van der Waals surface area (Å²) in [6, 6.07) is 35.4. The third kappa shape index (κ3) is 4.24. The summed E-state index contributed by atoms with van der Waals surface area (Å²) in [4.78, 5) is 8.80. The molecule has 0 atom stereocenters. The molecule has 3 aromatic heterocycles. The average molecular weight is 595 g/mol. The van der Waals surface area contributed by atoms with Crippen molar-refractivity contribution in [3.63, 3.8) is 0 Å². The Balaban J connectivity index is 1.61. The van der Waals surface area contributed by atoms with Crippen molar-refractivity contribution < 1.29 is 0 Å². The molecule has 0 N–H and O–H groups in total. The van der Waals surface area contributed by atoms with Crippen molar-refractivity contribution in [2.75, 3.05) is 0 Å². The smallest absolute Gasteiger partial charge is 0.197 e. The molecule has 0 aliphatic rings. The van der Waals surface area contributed by atoms with Crippen LogP contribution in [0.3, 0.4) is 0 Å². The number of hydrogen-bond donors (Lipinski definition) is 0. The van der Waals surface area contributed by atoms with E-state index >= 15 is 0 Å². The van der Waals surface area contributed by atoms with Crippen LogP contribution >= 0.6 is 0 Å². The topological polar surface area (TPSA) is 27.1 Å². The molecule has 5 aromatic carbocycles. The van der Waals surface area contributed by atoms with Gasteiger partial charge in [-0.05, 0) is 123 Å². The first kappa shape index (κ1) is 27.9. The van der Waals surface area contributed by atoms with E-state index in [1.54, 1.807) is 0 Å². The predicted octanol–water partition coefficient (Wildman–Crippen LogP) is 11.3. The van der Waals surface area contributed by atoms with Gasteiger partial charge >= 0.3 is 0 Å². The second-order valence-corrected chi connectivity index (χ2v) is 12.9. The molecule has 0 radical (unpaired) electrons. The number of pyridine rings is 1. The quantitative estimate of drug-likeness (QED) is 0.187. The van der Waals surface area contributed by atoms with Crippen molar-refractivity contribution in [2.24, 2.45) is 0 Å². The molecule has 46 heavy (non-hydrogen) atoms. The second-order valence-electron chi connectivity index (χ2n) is 12.9. The first-order valence-electron chi connectivity index (χ1n) is 15.7. The fourth-order valence-corrected chi connectivity index (χ4v) is 7.23. The molecule has 0 aliphatic heterocycles. The third-order valence-corrected chi connectivity index (χ3v) is 9.24. The van der Waals surface area contributed by atoms with Gasteiger partial charge < -0.3 is 9.13 Å². The number of hydrogen-bond acceptors (Lipinski definition) is 1. The molecule has 4 nitrogen and oxygen atoms in total. The summed E-state index contributed by atoms with van der Waals surface area (Å²) in [7, 11) is 0. The Kier molecular flexibility index (Phi) is 6.17. The molecule has 8 rings (SSSR count). The normalized spacial score (nSPS) is 11.7. The zero-order valence-electron chi connectivity index (χ0n) is 27.0. The first-order chi connectivity index (χ1) is 22.2. The van der Waals surface area contributed by atoms with E-state index < -0.39 is 0 Å². The van der Waals surface area contributed by atoms with Gasteiger partial charge in [-0.25, -0.2) is 4.85 Å². The van der Waals surface area contributed by atoms with Gasteiger partial charge in [0.2, 0.25) is 0 Å². The summed E-state index contributed by atoms with van der Waals surface area (Å²) >= 11 is 0. The minimum absolute atomic E-state index is 0.618. The van der Waals surface area contributed by atoms with Crippen molar-refractivity contribution in [3.8, 4) is 22.5 Å². The predicted molar refractivity (Wildman–Crippen MR) is 193 cm³/mol. The molecule has 0 bridgehead atoms. The number of fused-ring (bicyclic) bond motifs is 6. The fraction of sp³-hybridized carbons (Fsp3) is 0.143. The zero-order valence-corrected chi connectivity index (χ0v) is 27.0. The lowest BCUT2D eigenvalue weighted by Gasteiger charge is -2.20. The van der Waals surface area contributed by atoms with Gasteiger partial charge in [0.1, 0.15) is 0 Å². The van der Waals surface area contributed by atoms with E-state index in [2.05, 4.69) is 144 Å². The van der Waals surface area contributed by atoms with Crippen molar-refractivity contribution in [3.05, 3.63) is 142 Å².